The Morgan fingerprint density at radius 1 is 1.16 bits per heavy atom. The summed E-state index contributed by atoms with van der Waals surface area (Å²) in [7, 11) is 0. The number of hydrogen-bond acceptors (Lipinski definition) is 0. The zero-order valence-corrected chi connectivity index (χ0v) is 12.9. The van der Waals surface area contributed by atoms with Gasteiger partial charge < -0.3 is 0 Å². The van der Waals surface area contributed by atoms with Crippen LogP contribution in [-0.4, -0.2) is 5.33 Å². The predicted octanol–water partition coefficient (Wildman–Crippen LogP) is 5.21. The molecule has 1 aromatic carbocycles. The lowest BCUT2D eigenvalue weighted by molar-refractivity contribution is 0.277. The second-order valence-corrected chi connectivity index (χ2v) is 7.17. The van der Waals surface area contributed by atoms with Crippen molar-refractivity contribution in [2.75, 3.05) is 5.33 Å². The van der Waals surface area contributed by atoms with Crippen LogP contribution >= 0.6 is 15.9 Å². The molecule has 2 fully saturated rings. The number of fused-ring (bicyclic) bond motifs is 2. The Bertz CT molecular complexity index is 414. The first kappa shape index (κ1) is 13.6. The molecule has 0 aliphatic heterocycles. The molecule has 4 unspecified atom stereocenters. The second kappa shape index (κ2) is 5.95. The van der Waals surface area contributed by atoms with Crippen molar-refractivity contribution in [3.05, 3.63) is 35.6 Å². The molecule has 2 aliphatic rings. The molecule has 0 saturated heterocycles. The Morgan fingerprint density at radius 3 is 2.53 bits per heavy atom. The van der Waals surface area contributed by atoms with Gasteiger partial charge in [0.1, 0.15) is 5.82 Å². The minimum atomic E-state index is -0.132. The van der Waals surface area contributed by atoms with Gasteiger partial charge in [0.2, 0.25) is 0 Å². The van der Waals surface area contributed by atoms with Crippen LogP contribution in [0.4, 0.5) is 4.39 Å². The van der Waals surface area contributed by atoms with Gasteiger partial charge in [0.15, 0.2) is 0 Å². The molecule has 2 bridgehead atoms. The summed E-state index contributed by atoms with van der Waals surface area (Å²) in [6, 6.07) is 7.04. The van der Waals surface area contributed by atoms with Crippen molar-refractivity contribution >= 4 is 15.9 Å². The summed E-state index contributed by atoms with van der Waals surface area (Å²) in [5.74, 6) is 3.58. The number of hydrogen-bond donors (Lipinski definition) is 0. The fourth-order valence-electron chi connectivity index (χ4n) is 4.25. The van der Waals surface area contributed by atoms with Crippen molar-refractivity contribution in [2.45, 2.75) is 38.5 Å². The molecule has 2 heteroatoms. The van der Waals surface area contributed by atoms with Crippen LogP contribution in [-0.2, 0) is 6.42 Å². The van der Waals surface area contributed by atoms with Gasteiger partial charge in [-0.1, -0.05) is 34.5 Å². The van der Waals surface area contributed by atoms with E-state index in [-0.39, 0.29) is 5.82 Å². The topological polar surface area (TPSA) is 0 Å². The molecule has 2 saturated carbocycles. The highest BCUT2D eigenvalue weighted by Gasteiger charge is 2.39. The van der Waals surface area contributed by atoms with Gasteiger partial charge >= 0.3 is 0 Å². The summed E-state index contributed by atoms with van der Waals surface area (Å²) in [6.07, 6.45) is 8.36. The number of halogens is 2. The van der Waals surface area contributed by atoms with E-state index in [0.717, 1.165) is 29.5 Å². The van der Waals surface area contributed by atoms with Gasteiger partial charge in [0, 0.05) is 5.33 Å². The first-order chi connectivity index (χ1) is 9.24. The first-order valence-corrected chi connectivity index (χ1v) is 8.67. The van der Waals surface area contributed by atoms with Gasteiger partial charge in [-0.05, 0) is 73.5 Å². The molecule has 19 heavy (non-hydrogen) atoms. The van der Waals surface area contributed by atoms with Gasteiger partial charge in [-0.3, -0.25) is 0 Å². The Kier molecular flexibility index (Phi) is 4.26. The summed E-state index contributed by atoms with van der Waals surface area (Å²) in [4.78, 5) is 0. The minimum Gasteiger partial charge on any atom is -0.207 e. The fraction of sp³-hybridized carbons (Fsp3) is 0.647. The predicted molar refractivity (Wildman–Crippen MR) is 80.9 cm³/mol. The molecular weight excluding hydrogens is 303 g/mol. The molecule has 0 radical (unpaired) electrons. The Morgan fingerprint density at radius 2 is 1.95 bits per heavy atom. The summed E-state index contributed by atoms with van der Waals surface area (Å²) in [6.45, 7) is 0. The van der Waals surface area contributed by atoms with Gasteiger partial charge in [0.25, 0.3) is 0 Å². The number of benzene rings is 1. The van der Waals surface area contributed by atoms with Crippen molar-refractivity contribution in [1.82, 2.24) is 0 Å². The smallest absolute Gasteiger partial charge is 0.123 e. The number of rotatable bonds is 5. The molecule has 2 aliphatic carbocycles. The highest BCUT2D eigenvalue weighted by atomic mass is 79.9. The molecule has 0 N–H and O–H groups in total. The third-order valence-electron chi connectivity index (χ3n) is 5.18. The first-order valence-electron chi connectivity index (χ1n) is 7.55. The quantitative estimate of drug-likeness (QED) is 0.652. The van der Waals surface area contributed by atoms with E-state index in [1.165, 1.54) is 37.7 Å². The van der Waals surface area contributed by atoms with Crippen molar-refractivity contribution in [3.63, 3.8) is 0 Å². The van der Waals surface area contributed by atoms with Crippen LogP contribution in [0, 0.1) is 29.5 Å². The summed E-state index contributed by atoms with van der Waals surface area (Å²) in [5, 5.41) is 1.07. The summed E-state index contributed by atoms with van der Waals surface area (Å²) >= 11 is 3.67. The standard InChI is InChI=1S/C17H22BrF/c18-11-14(7-12-2-5-17(19)6-3-12)10-16-9-13-1-4-15(16)8-13/h2-3,5-6,13-16H,1,4,7-11H2. The third-order valence-corrected chi connectivity index (χ3v) is 6.09. The second-order valence-electron chi connectivity index (χ2n) is 6.52. The Hall–Kier alpha value is -0.370. The highest BCUT2D eigenvalue weighted by Crippen LogP contribution is 2.50. The van der Waals surface area contributed by atoms with Crippen molar-refractivity contribution in [2.24, 2.45) is 23.7 Å². The van der Waals surface area contributed by atoms with Crippen LogP contribution in [0.25, 0.3) is 0 Å². The molecule has 0 amide bonds. The zero-order valence-electron chi connectivity index (χ0n) is 11.3. The van der Waals surface area contributed by atoms with E-state index in [0.29, 0.717) is 5.92 Å². The van der Waals surface area contributed by atoms with E-state index in [1.807, 2.05) is 12.1 Å². The maximum Gasteiger partial charge on any atom is 0.123 e. The van der Waals surface area contributed by atoms with Crippen molar-refractivity contribution < 1.29 is 4.39 Å². The molecular formula is C17H22BrF. The van der Waals surface area contributed by atoms with E-state index in [1.54, 1.807) is 12.1 Å². The zero-order chi connectivity index (χ0) is 13.2. The summed E-state index contributed by atoms with van der Waals surface area (Å²) < 4.78 is 12.9. The molecule has 0 spiro atoms. The van der Waals surface area contributed by atoms with Gasteiger partial charge in [-0.25, -0.2) is 4.39 Å². The van der Waals surface area contributed by atoms with E-state index < -0.39 is 0 Å². The maximum atomic E-state index is 12.9. The van der Waals surface area contributed by atoms with E-state index in [9.17, 15) is 4.39 Å². The van der Waals surface area contributed by atoms with Gasteiger partial charge in [0.05, 0.1) is 0 Å². The van der Waals surface area contributed by atoms with E-state index in [4.69, 9.17) is 0 Å². The minimum absolute atomic E-state index is 0.132. The Balaban J connectivity index is 1.57. The average molecular weight is 325 g/mol. The molecule has 0 nitrogen and oxygen atoms in total. The van der Waals surface area contributed by atoms with Crippen LogP contribution in [0.2, 0.25) is 0 Å². The Labute approximate surface area is 123 Å². The van der Waals surface area contributed by atoms with Gasteiger partial charge in [-0.2, -0.15) is 0 Å². The lowest BCUT2D eigenvalue weighted by atomic mass is 9.81. The third kappa shape index (κ3) is 3.21. The summed E-state index contributed by atoms with van der Waals surface area (Å²) in [5.41, 5.74) is 1.27. The largest absolute Gasteiger partial charge is 0.207 e. The molecule has 0 heterocycles. The van der Waals surface area contributed by atoms with Crippen LogP contribution in [0.1, 0.15) is 37.7 Å². The normalized spacial score (nSPS) is 30.7. The van der Waals surface area contributed by atoms with E-state index >= 15 is 0 Å². The average Bonchev–Trinajstić information content (AvgIpc) is 3.03. The van der Waals surface area contributed by atoms with Crippen LogP contribution in [0.5, 0.6) is 0 Å². The van der Waals surface area contributed by atoms with Crippen molar-refractivity contribution in [1.29, 1.82) is 0 Å². The molecule has 104 valence electrons. The lowest BCUT2D eigenvalue weighted by Gasteiger charge is -2.26. The van der Waals surface area contributed by atoms with Crippen molar-refractivity contribution in [3.8, 4) is 0 Å². The highest BCUT2D eigenvalue weighted by molar-refractivity contribution is 9.09. The van der Waals surface area contributed by atoms with Crippen LogP contribution < -0.4 is 0 Å². The number of alkyl halides is 1. The van der Waals surface area contributed by atoms with E-state index in [2.05, 4.69) is 15.9 Å². The fourth-order valence-corrected chi connectivity index (χ4v) is 4.74. The van der Waals surface area contributed by atoms with Crippen LogP contribution in [0.15, 0.2) is 24.3 Å². The van der Waals surface area contributed by atoms with Gasteiger partial charge in [-0.15, -0.1) is 0 Å². The monoisotopic (exact) mass is 324 g/mol. The lowest BCUT2D eigenvalue weighted by Crippen LogP contribution is -2.17. The molecule has 0 aromatic heterocycles. The molecule has 3 rings (SSSR count). The molecule has 1 aromatic rings. The van der Waals surface area contributed by atoms with Crippen LogP contribution in [0.3, 0.4) is 0 Å². The SMILES string of the molecule is Fc1ccc(CC(CBr)CC2CC3CCC2C3)cc1. The molecule has 4 atom stereocenters. The maximum absolute atomic E-state index is 12.9.